The second-order valence-electron chi connectivity index (χ2n) is 13.8. The molecule has 5 aromatic carbocycles. The van der Waals surface area contributed by atoms with Gasteiger partial charge in [-0.25, -0.2) is 0 Å². The van der Waals surface area contributed by atoms with Crippen molar-refractivity contribution in [2.24, 2.45) is 0 Å². The fourth-order valence-electron chi connectivity index (χ4n) is 8.62. The molecule has 0 heterocycles. The molecule has 2 nitrogen and oxygen atoms in total. The van der Waals surface area contributed by atoms with Crippen LogP contribution in [0.2, 0.25) is 0 Å². The van der Waals surface area contributed by atoms with Crippen LogP contribution in [0.5, 0.6) is 0 Å². The van der Waals surface area contributed by atoms with Gasteiger partial charge in [-0.1, -0.05) is 93.1 Å². The molecule has 0 atom stereocenters. The maximum atomic E-state index is 2.75. The van der Waals surface area contributed by atoms with E-state index in [0.717, 1.165) is 0 Å². The molecule has 2 fully saturated rings. The number of hydrogen-bond acceptors (Lipinski definition) is 2. The molecule has 0 radical (unpaired) electrons. The first-order chi connectivity index (χ1) is 20.5. The number of nitrogens with zero attached hydrogens (tertiary/aromatic N) is 2. The molecule has 42 heavy (non-hydrogen) atoms. The van der Waals surface area contributed by atoms with Gasteiger partial charge in [0.2, 0.25) is 0 Å². The van der Waals surface area contributed by atoms with Crippen LogP contribution in [0.3, 0.4) is 0 Å². The number of hydrogen-bond donors (Lipinski definition) is 0. The van der Waals surface area contributed by atoms with Gasteiger partial charge in [-0.15, -0.1) is 0 Å². The van der Waals surface area contributed by atoms with Gasteiger partial charge < -0.3 is 9.80 Å². The third-order valence-corrected chi connectivity index (χ3v) is 10.4. The Bertz CT molecular complexity index is 1650. The van der Waals surface area contributed by atoms with Gasteiger partial charge in [0.05, 0.1) is 0 Å². The molecule has 5 aromatic rings. The van der Waals surface area contributed by atoms with Crippen LogP contribution in [0.15, 0.2) is 72.8 Å². The van der Waals surface area contributed by atoms with Crippen molar-refractivity contribution in [2.75, 3.05) is 9.80 Å². The summed E-state index contributed by atoms with van der Waals surface area (Å²) in [6, 6.07) is 30.8. The van der Waals surface area contributed by atoms with E-state index in [1.807, 2.05) is 0 Å². The lowest BCUT2D eigenvalue weighted by Gasteiger charge is -2.40. The van der Waals surface area contributed by atoms with Crippen molar-refractivity contribution in [2.45, 2.75) is 116 Å². The second-order valence-corrected chi connectivity index (χ2v) is 13.8. The van der Waals surface area contributed by atoms with Gasteiger partial charge in [0, 0.05) is 40.9 Å². The van der Waals surface area contributed by atoms with Crippen LogP contribution < -0.4 is 9.80 Å². The SMILES string of the molecule is CC(C)N(c1ccc(-c2ccc3ccc4c(N(C(C)C)C5CCCCC5)ccc5ccc2c3c54)cc1)C1CCCCC1. The quantitative estimate of drug-likeness (QED) is 0.184. The van der Waals surface area contributed by atoms with Gasteiger partial charge in [0.1, 0.15) is 0 Å². The topological polar surface area (TPSA) is 6.48 Å². The minimum absolute atomic E-state index is 0.486. The lowest BCUT2D eigenvalue weighted by Crippen LogP contribution is -2.41. The van der Waals surface area contributed by atoms with Crippen LogP contribution in [-0.2, 0) is 0 Å². The van der Waals surface area contributed by atoms with E-state index in [4.69, 9.17) is 0 Å². The predicted molar refractivity (Wildman–Crippen MR) is 185 cm³/mol. The summed E-state index contributed by atoms with van der Waals surface area (Å²) in [6.07, 6.45) is 13.5. The van der Waals surface area contributed by atoms with Crippen LogP contribution in [0, 0.1) is 0 Å². The highest BCUT2D eigenvalue weighted by atomic mass is 15.2. The van der Waals surface area contributed by atoms with E-state index in [2.05, 4.69) is 110 Å². The van der Waals surface area contributed by atoms with E-state index < -0.39 is 0 Å². The lowest BCUT2D eigenvalue weighted by atomic mass is 9.88. The first kappa shape index (κ1) is 27.6. The number of anilines is 2. The molecule has 0 saturated heterocycles. The van der Waals surface area contributed by atoms with Crippen molar-refractivity contribution in [3.05, 3.63) is 72.8 Å². The summed E-state index contributed by atoms with van der Waals surface area (Å²) in [6.45, 7) is 9.46. The Morgan fingerprint density at radius 2 is 1.00 bits per heavy atom. The average Bonchev–Trinajstić information content (AvgIpc) is 3.02. The Labute approximate surface area is 253 Å². The van der Waals surface area contributed by atoms with Crippen molar-refractivity contribution in [1.29, 1.82) is 0 Å². The first-order valence-electron chi connectivity index (χ1n) is 16.9. The summed E-state index contributed by atoms with van der Waals surface area (Å²) in [5.41, 5.74) is 5.45. The van der Waals surface area contributed by atoms with E-state index in [1.165, 1.54) is 119 Å². The van der Waals surface area contributed by atoms with Gasteiger partial charge in [0.25, 0.3) is 0 Å². The largest absolute Gasteiger partial charge is 0.366 e. The molecule has 0 bridgehead atoms. The monoisotopic (exact) mass is 556 g/mol. The normalized spacial score (nSPS) is 17.3. The summed E-state index contributed by atoms with van der Waals surface area (Å²) < 4.78 is 0. The van der Waals surface area contributed by atoms with E-state index >= 15 is 0 Å². The zero-order valence-electron chi connectivity index (χ0n) is 26.2. The fourth-order valence-corrected chi connectivity index (χ4v) is 8.62. The highest BCUT2D eigenvalue weighted by Crippen LogP contribution is 2.44. The fraction of sp³-hybridized carbons (Fsp3) is 0.450. The van der Waals surface area contributed by atoms with Gasteiger partial charge in [0.15, 0.2) is 0 Å². The van der Waals surface area contributed by atoms with Gasteiger partial charge >= 0.3 is 0 Å². The summed E-state index contributed by atoms with van der Waals surface area (Å²) in [5, 5.41) is 8.34. The molecule has 0 N–H and O–H groups in total. The first-order valence-corrected chi connectivity index (χ1v) is 16.9. The van der Waals surface area contributed by atoms with Crippen LogP contribution in [0.25, 0.3) is 43.4 Å². The highest BCUT2D eigenvalue weighted by Gasteiger charge is 2.27. The zero-order valence-corrected chi connectivity index (χ0v) is 26.2. The standard InChI is InChI=1S/C40H48N2/c1-27(2)41(32-11-7-5-8-12-32)34-21-15-29(16-22-34)35-23-17-30-19-25-37-38(42(28(3)4)33-13-9-6-10-14-33)26-20-31-18-24-36(35)39(30)40(31)37/h15-28,32-33H,5-14H2,1-4H3. The van der Waals surface area contributed by atoms with Crippen molar-refractivity contribution in [3.63, 3.8) is 0 Å². The summed E-state index contributed by atoms with van der Waals surface area (Å²) >= 11 is 0. The van der Waals surface area contributed by atoms with Gasteiger partial charge in [-0.3, -0.25) is 0 Å². The van der Waals surface area contributed by atoms with Crippen LogP contribution in [-0.4, -0.2) is 24.2 Å². The molecule has 0 amide bonds. The number of rotatable bonds is 7. The molecule has 2 saturated carbocycles. The van der Waals surface area contributed by atoms with Crippen molar-refractivity contribution in [3.8, 4) is 11.1 Å². The molecule has 2 heteroatoms. The lowest BCUT2D eigenvalue weighted by molar-refractivity contribution is 0.398. The molecular formula is C40H48N2. The van der Waals surface area contributed by atoms with Gasteiger partial charge in [-0.2, -0.15) is 0 Å². The van der Waals surface area contributed by atoms with Crippen molar-refractivity contribution < 1.29 is 0 Å². The zero-order chi connectivity index (χ0) is 28.8. The maximum Gasteiger partial charge on any atom is 0.0451 e. The Hall–Kier alpha value is -3.26. The Kier molecular flexibility index (Phi) is 7.51. The molecular weight excluding hydrogens is 508 g/mol. The Morgan fingerprint density at radius 1 is 0.500 bits per heavy atom. The van der Waals surface area contributed by atoms with E-state index in [0.29, 0.717) is 24.2 Å². The van der Waals surface area contributed by atoms with Crippen molar-refractivity contribution >= 4 is 43.7 Å². The van der Waals surface area contributed by atoms with E-state index in [9.17, 15) is 0 Å². The number of benzene rings is 5. The Morgan fingerprint density at radius 3 is 1.60 bits per heavy atom. The van der Waals surface area contributed by atoms with Crippen LogP contribution >= 0.6 is 0 Å². The minimum atomic E-state index is 0.486. The predicted octanol–water partition coefficient (Wildman–Crippen LogP) is 11.3. The third-order valence-electron chi connectivity index (χ3n) is 10.4. The molecule has 218 valence electrons. The molecule has 2 aliphatic carbocycles. The molecule has 0 aliphatic heterocycles. The molecule has 0 spiro atoms. The third kappa shape index (κ3) is 4.81. The molecule has 0 aromatic heterocycles. The molecule has 7 rings (SSSR count). The van der Waals surface area contributed by atoms with E-state index in [-0.39, 0.29) is 0 Å². The van der Waals surface area contributed by atoms with Crippen LogP contribution in [0.4, 0.5) is 11.4 Å². The van der Waals surface area contributed by atoms with Crippen LogP contribution in [0.1, 0.15) is 91.9 Å². The van der Waals surface area contributed by atoms with E-state index in [1.54, 1.807) is 0 Å². The highest BCUT2D eigenvalue weighted by molar-refractivity contribution is 6.27. The average molecular weight is 557 g/mol. The minimum Gasteiger partial charge on any atom is -0.366 e. The smallest absolute Gasteiger partial charge is 0.0451 e. The summed E-state index contributed by atoms with van der Waals surface area (Å²) in [4.78, 5) is 5.43. The molecule has 2 aliphatic rings. The van der Waals surface area contributed by atoms with Crippen molar-refractivity contribution in [1.82, 2.24) is 0 Å². The van der Waals surface area contributed by atoms with Gasteiger partial charge in [-0.05, 0) is 110 Å². The summed E-state index contributed by atoms with van der Waals surface area (Å²) in [5.74, 6) is 0. The maximum absolute atomic E-state index is 2.75. The summed E-state index contributed by atoms with van der Waals surface area (Å²) in [7, 11) is 0. The second kappa shape index (κ2) is 11.4. The molecule has 0 unspecified atom stereocenters. The Balaban J connectivity index is 1.32.